The molecule has 1 fully saturated rings. The average Bonchev–Trinajstić information content (AvgIpc) is 3.23. The van der Waals surface area contributed by atoms with E-state index in [0.29, 0.717) is 26.4 Å². The van der Waals surface area contributed by atoms with Gasteiger partial charge in [0.15, 0.2) is 0 Å². The summed E-state index contributed by atoms with van der Waals surface area (Å²) < 4.78 is 29.0. The molecule has 0 aromatic carbocycles. The summed E-state index contributed by atoms with van der Waals surface area (Å²) >= 11 is 0. The highest BCUT2D eigenvalue weighted by molar-refractivity contribution is 6.62. The zero-order valence-corrected chi connectivity index (χ0v) is 14.1. The van der Waals surface area contributed by atoms with E-state index in [1.54, 1.807) is 0 Å². The third-order valence-electron chi connectivity index (χ3n) is 2.90. The Morgan fingerprint density at radius 1 is 1.15 bits per heavy atom. The van der Waals surface area contributed by atoms with Gasteiger partial charge in [0.25, 0.3) is 0 Å². The number of epoxide rings is 1. The van der Waals surface area contributed by atoms with Gasteiger partial charge < -0.3 is 22.8 Å². The van der Waals surface area contributed by atoms with Gasteiger partial charge in [0, 0.05) is 19.8 Å². The van der Waals surface area contributed by atoms with E-state index in [0.717, 1.165) is 13.0 Å². The Balaban J connectivity index is 2.78. The SMILES string of the molecule is C/C=C/CC(OCC1CO1)[Si](OCC)(OCC)OCC. The van der Waals surface area contributed by atoms with Crippen molar-refractivity contribution in [3.63, 3.8) is 0 Å². The van der Waals surface area contributed by atoms with Crippen LogP contribution in [-0.4, -0.2) is 53.7 Å². The van der Waals surface area contributed by atoms with Crippen molar-refractivity contribution in [2.75, 3.05) is 33.0 Å². The summed E-state index contributed by atoms with van der Waals surface area (Å²) in [6, 6.07) is 0. The lowest BCUT2D eigenvalue weighted by Gasteiger charge is -2.34. The fourth-order valence-corrected chi connectivity index (χ4v) is 4.71. The summed E-state index contributed by atoms with van der Waals surface area (Å²) in [5, 5.41) is 0. The zero-order chi connectivity index (χ0) is 14.8. The highest BCUT2D eigenvalue weighted by atomic mass is 28.4. The van der Waals surface area contributed by atoms with Crippen molar-refractivity contribution in [3.8, 4) is 0 Å². The highest BCUT2D eigenvalue weighted by Gasteiger charge is 2.50. The van der Waals surface area contributed by atoms with Crippen LogP contribution in [0.25, 0.3) is 0 Å². The van der Waals surface area contributed by atoms with Gasteiger partial charge in [-0.2, -0.15) is 0 Å². The molecule has 0 bridgehead atoms. The van der Waals surface area contributed by atoms with Crippen molar-refractivity contribution in [2.24, 2.45) is 0 Å². The van der Waals surface area contributed by atoms with Crippen molar-refractivity contribution >= 4 is 8.80 Å². The minimum absolute atomic E-state index is 0.178. The molecule has 0 aliphatic carbocycles. The predicted octanol–water partition coefficient (Wildman–Crippen LogP) is 2.32. The molecule has 2 atom stereocenters. The van der Waals surface area contributed by atoms with Gasteiger partial charge in [-0.25, -0.2) is 0 Å². The second kappa shape index (κ2) is 9.65. The summed E-state index contributed by atoms with van der Waals surface area (Å²) in [4.78, 5) is 0. The maximum absolute atomic E-state index is 6.00. The van der Waals surface area contributed by atoms with Crippen LogP contribution in [0.1, 0.15) is 34.1 Å². The van der Waals surface area contributed by atoms with Gasteiger partial charge in [0.2, 0.25) is 0 Å². The van der Waals surface area contributed by atoms with Crippen molar-refractivity contribution in [3.05, 3.63) is 12.2 Å². The predicted molar refractivity (Wildman–Crippen MR) is 79.5 cm³/mol. The molecular weight excluding hydrogens is 276 g/mol. The lowest BCUT2D eigenvalue weighted by atomic mass is 10.4. The third-order valence-corrected chi connectivity index (χ3v) is 6.17. The van der Waals surface area contributed by atoms with Gasteiger partial charge >= 0.3 is 8.80 Å². The van der Waals surface area contributed by atoms with Gasteiger partial charge in [0.05, 0.1) is 13.2 Å². The van der Waals surface area contributed by atoms with Crippen LogP contribution in [0.2, 0.25) is 0 Å². The van der Waals surface area contributed by atoms with Crippen LogP contribution < -0.4 is 0 Å². The number of rotatable bonds is 12. The quantitative estimate of drug-likeness (QED) is 0.315. The molecule has 1 saturated heterocycles. The van der Waals surface area contributed by atoms with E-state index in [1.807, 2.05) is 33.8 Å². The molecule has 20 heavy (non-hydrogen) atoms. The molecular formula is C14H28O5Si. The smallest absolute Gasteiger partial charge is 0.372 e. The van der Waals surface area contributed by atoms with Crippen LogP contribution in [-0.2, 0) is 22.8 Å². The molecule has 1 rings (SSSR count). The first-order valence-corrected chi connectivity index (χ1v) is 9.28. The summed E-state index contributed by atoms with van der Waals surface area (Å²) in [5.74, 6) is 0. The van der Waals surface area contributed by atoms with E-state index < -0.39 is 8.80 Å². The van der Waals surface area contributed by atoms with E-state index in [2.05, 4.69) is 6.08 Å². The Labute approximate surface area is 123 Å². The Bertz CT molecular complexity index is 264. The van der Waals surface area contributed by atoms with Gasteiger partial charge in [-0.3, -0.25) is 0 Å². The zero-order valence-electron chi connectivity index (χ0n) is 13.1. The van der Waals surface area contributed by atoms with Gasteiger partial charge in [-0.05, 0) is 34.1 Å². The molecule has 0 aromatic heterocycles. The lowest BCUT2D eigenvalue weighted by molar-refractivity contribution is -0.0124. The van der Waals surface area contributed by atoms with Gasteiger partial charge in [-0.15, -0.1) is 0 Å². The van der Waals surface area contributed by atoms with Crippen LogP contribution >= 0.6 is 0 Å². The fraction of sp³-hybridized carbons (Fsp3) is 0.857. The Morgan fingerprint density at radius 3 is 2.10 bits per heavy atom. The molecule has 0 spiro atoms. The number of allylic oxidation sites excluding steroid dienone is 1. The summed E-state index contributed by atoms with van der Waals surface area (Å²) in [6.07, 6.45) is 5.03. The number of hydrogen-bond acceptors (Lipinski definition) is 5. The minimum atomic E-state index is -2.83. The second-order valence-electron chi connectivity index (χ2n) is 4.48. The Morgan fingerprint density at radius 2 is 1.70 bits per heavy atom. The van der Waals surface area contributed by atoms with Crippen molar-refractivity contribution in [1.29, 1.82) is 0 Å². The second-order valence-corrected chi connectivity index (χ2v) is 7.20. The van der Waals surface area contributed by atoms with Crippen LogP contribution in [0.15, 0.2) is 12.2 Å². The molecule has 118 valence electrons. The minimum Gasteiger partial charge on any atom is -0.372 e. The first-order valence-electron chi connectivity index (χ1n) is 7.48. The first-order chi connectivity index (χ1) is 9.72. The number of hydrogen-bond donors (Lipinski definition) is 0. The monoisotopic (exact) mass is 304 g/mol. The third kappa shape index (κ3) is 5.63. The van der Waals surface area contributed by atoms with E-state index in [9.17, 15) is 0 Å². The standard InChI is InChI=1S/C14H28O5Si/c1-5-9-10-14(16-12-13-11-15-13)20(17-6-2,18-7-3)19-8-4/h5,9,13-14H,6-8,10-12H2,1-4H3/b9-5+. The topological polar surface area (TPSA) is 49.5 Å². The van der Waals surface area contributed by atoms with Crippen molar-refractivity contribution < 1.29 is 22.8 Å². The van der Waals surface area contributed by atoms with E-state index in [1.165, 1.54) is 0 Å². The maximum Gasteiger partial charge on any atom is 0.531 e. The van der Waals surface area contributed by atoms with Gasteiger partial charge in [0.1, 0.15) is 11.8 Å². The molecule has 0 saturated carbocycles. The lowest BCUT2D eigenvalue weighted by Crippen LogP contribution is -2.57. The summed E-state index contributed by atoms with van der Waals surface area (Å²) in [7, 11) is -2.83. The average molecular weight is 304 g/mol. The largest absolute Gasteiger partial charge is 0.531 e. The molecule has 6 heteroatoms. The Kier molecular flexibility index (Phi) is 8.59. The van der Waals surface area contributed by atoms with E-state index >= 15 is 0 Å². The summed E-state index contributed by atoms with van der Waals surface area (Å²) in [5.41, 5.74) is -0.178. The Hall–Kier alpha value is -0.243. The molecule has 2 unspecified atom stereocenters. The van der Waals surface area contributed by atoms with Crippen LogP contribution in [0, 0.1) is 0 Å². The highest BCUT2D eigenvalue weighted by Crippen LogP contribution is 2.23. The number of ether oxygens (including phenoxy) is 2. The fourth-order valence-electron chi connectivity index (χ4n) is 1.97. The maximum atomic E-state index is 6.00. The normalized spacial score (nSPS) is 20.5. The molecule has 0 amide bonds. The summed E-state index contributed by atoms with van der Waals surface area (Å²) in [6.45, 7) is 10.9. The van der Waals surface area contributed by atoms with Crippen molar-refractivity contribution in [2.45, 2.75) is 45.9 Å². The first kappa shape index (κ1) is 17.8. The molecule has 0 N–H and O–H groups in total. The van der Waals surface area contributed by atoms with Crippen LogP contribution in [0.3, 0.4) is 0 Å². The molecule has 1 aliphatic heterocycles. The van der Waals surface area contributed by atoms with Crippen molar-refractivity contribution in [1.82, 2.24) is 0 Å². The van der Waals surface area contributed by atoms with Gasteiger partial charge in [-0.1, -0.05) is 12.2 Å². The molecule has 0 radical (unpaired) electrons. The molecule has 1 heterocycles. The van der Waals surface area contributed by atoms with Crippen LogP contribution in [0.5, 0.6) is 0 Å². The molecule has 0 aromatic rings. The molecule has 5 nitrogen and oxygen atoms in total. The van der Waals surface area contributed by atoms with Crippen LogP contribution in [0.4, 0.5) is 0 Å². The molecule has 1 aliphatic rings. The van der Waals surface area contributed by atoms with E-state index in [-0.39, 0.29) is 11.8 Å². The van der Waals surface area contributed by atoms with E-state index in [4.69, 9.17) is 22.8 Å².